The molecule has 18 heteroatoms. The number of hydrogen-bond acceptors (Lipinski definition) is 8. The summed E-state index contributed by atoms with van der Waals surface area (Å²) in [6.45, 7) is 10.0. The molecular weight excluding hydrogens is 525 g/mol. The molecule has 2 aliphatic heterocycles. The van der Waals surface area contributed by atoms with Crippen LogP contribution in [-0.2, 0) is 0 Å². The highest BCUT2D eigenvalue weighted by Crippen LogP contribution is 2.58. The third kappa shape index (κ3) is 18.1. The fraction of sp³-hybridized carbons (Fsp3) is 0.667. The zero-order chi connectivity index (χ0) is 28.6. The van der Waals surface area contributed by atoms with Crippen molar-refractivity contribution in [1.82, 2.24) is 0 Å². The summed E-state index contributed by atoms with van der Waals surface area (Å²) in [5, 5.41) is 59.1. The minimum atomic E-state index is -2.67. The summed E-state index contributed by atoms with van der Waals surface area (Å²) in [6.07, 6.45) is 5.79. The molecule has 8 N–H and O–H groups in total. The minimum Gasteiger partial charge on any atom is -0.398 e. The highest BCUT2D eigenvalue weighted by Gasteiger charge is 2.37. The van der Waals surface area contributed by atoms with Crippen molar-refractivity contribution in [1.29, 1.82) is 0 Å². The van der Waals surface area contributed by atoms with Gasteiger partial charge in [-0.2, -0.15) is 0 Å². The standard InChI is InChI=1S/C18H28P2.4BFH2O2/c1-13-9-10-14(2)19(13)17-7-5-6-8-18(17)20-15(3)11-12-16(20)4;4*2-1(3)4/h5-8,13-16H,9-12H2,1-4H3;4*3-4H. The second-order valence-corrected chi connectivity index (χ2v) is 14.2. The quantitative estimate of drug-likeness (QED) is 0.149. The lowest BCUT2D eigenvalue weighted by Crippen LogP contribution is -2.28. The van der Waals surface area contributed by atoms with Gasteiger partial charge in [-0.25, -0.2) is 0 Å². The van der Waals surface area contributed by atoms with Crippen LogP contribution in [0.3, 0.4) is 0 Å². The molecule has 0 radical (unpaired) electrons. The van der Waals surface area contributed by atoms with Crippen molar-refractivity contribution in [3.05, 3.63) is 24.3 Å². The van der Waals surface area contributed by atoms with Gasteiger partial charge in [-0.1, -0.05) is 67.8 Å². The highest BCUT2D eigenvalue weighted by atomic mass is 31.1. The van der Waals surface area contributed by atoms with Gasteiger partial charge in [0.15, 0.2) is 0 Å². The Balaban J connectivity index is 0. The Labute approximate surface area is 214 Å². The first-order chi connectivity index (χ1) is 16.5. The lowest BCUT2D eigenvalue weighted by molar-refractivity contribution is 0.338. The first kappa shape index (κ1) is 37.9. The Kier molecular flexibility index (Phi) is 21.8. The summed E-state index contributed by atoms with van der Waals surface area (Å²) in [4.78, 5) is 0. The monoisotopic (exact) mass is 562 g/mol. The van der Waals surface area contributed by atoms with Gasteiger partial charge in [-0.3, -0.25) is 17.3 Å². The maximum Gasteiger partial charge on any atom is 0.674 e. The number of halogens is 4. The Hall–Kier alpha value is -0.260. The van der Waals surface area contributed by atoms with E-state index < -0.39 is 29.6 Å². The summed E-state index contributed by atoms with van der Waals surface area (Å²) >= 11 is 0. The number of hydrogen-bond donors (Lipinski definition) is 8. The van der Waals surface area contributed by atoms with Gasteiger partial charge in [-0.05, 0) is 58.9 Å². The largest absolute Gasteiger partial charge is 0.674 e. The van der Waals surface area contributed by atoms with E-state index in [2.05, 4.69) is 52.0 Å². The molecule has 8 nitrogen and oxygen atoms in total. The molecule has 4 atom stereocenters. The number of benzene rings is 1. The average molecular weight is 562 g/mol. The third-order valence-electron chi connectivity index (χ3n) is 5.34. The molecule has 1 aromatic carbocycles. The average Bonchev–Trinajstić information content (AvgIpc) is 3.21. The lowest BCUT2D eigenvalue weighted by Gasteiger charge is -2.30. The van der Waals surface area contributed by atoms with Crippen molar-refractivity contribution >= 4 is 56.0 Å². The van der Waals surface area contributed by atoms with Crippen LogP contribution in [-0.4, -0.2) is 92.4 Å². The van der Waals surface area contributed by atoms with Crippen LogP contribution in [0, 0.1) is 0 Å². The SMILES string of the molecule is CC1CCC(C)P1c1ccccc1P1C(C)CCC1C.OB(O)F.OB(O)F.OB(O)F.OB(O)F. The van der Waals surface area contributed by atoms with Gasteiger partial charge < -0.3 is 40.2 Å². The van der Waals surface area contributed by atoms with Gasteiger partial charge in [0.25, 0.3) is 0 Å². The molecule has 2 saturated heterocycles. The summed E-state index contributed by atoms with van der Waals surface area (Å²) in [6, 6.07) is 9.55. The fourth-order valence-corrected chi connectivity index (χ4v) is 11.5. The molecule has 0 aliphatic carbocycles. The predicted octanol–water partition coefficient (Wildman–Crippen LogP) is 0.744. The van der Waals surface area contributed by atoms with Gasteiger partial charge in [0.2, 0.25) is 0 Å². The second-order valence-electron chi connectivity index (χ2n) is 8.10. The molecule has 2 fully saturated rings. The zero-order valence-corrected chi connectivity index (χ0v) is 22.5. The van der Waals surface area contributed by atoms with Crippen molar-refractivity contribution in [2.24, 2.45) is 0 Å². The highest BCUT2D eigenvalue weighted by molar-refractivity contribution is 7.73. The van der Waals surface area contributed by atoms with Crippen LogP contribution in [0.2, 0.25) is 0 Å². The van der Waals surface area contributed by atoms with Crippen LogP contribution in [0.1, 0.15) is 53.4 Å². The van der Waals surface area contributed by atoms with Gasteiger partial charge in [-0.15, -0.1) is 0 Å². The Morgan fingerprint density at radius 1 is 0.528 bits per heavy atom. The van der Waals surface area contributed by atoms with Gasteiger partial charge in [0.1, 0.15) is 0 Å². The second kappa shape index (κ2) is 20.7. The van der Waals surface area contributed by atoms with Gasteiger partial charge in [0.05, 0.1) is 0 Å². The summed E-state index contributed by atoms with van der Waals surface area (Å²) in [5.74, 6) is 0. The van der Waals surface area contributed by atoms with Crippen LogP contribution >= 0.6 is 15.8 Å². The molecule has 36 heavy (non-hydrogen) atoms. The molecule has 0 saturated carbocycles. The molecule has 0 bridgehead atoms. The first-order valence-corrected chi connectivity index (χ1v) is 14.1. The number of rotatable bonds is 2. The lowest BCUT2D eigenvalue weighted by atomic mass is 10.2. The van der Waals surface area contributed by atoms with Crippen LogP contribution < -0.4 is 10.6 Å². The fourth-order valence-electron chi connectivity index (χ4n) is 4.24. The maximum atomic E-state index is 10.1. The van der Waals surface area contributed by atoms with Gasteiger partial charge >= 0.3 is 29.6 Å². The van der Waals surface area contributed by atoms with E-state index in [4.69, 9.17) is 40.2 Å². The van der Waals surface area contributed by atoms with Gasteiger partial charge in [0, 0.05) is 0 Å². The Bertz CT molecular complexity index is 594. The van der Waals surface area contributed by atoms with E-state index in [1.54, 1.807) is 10.6 Å². The topological polar surface area (TPSA) is 162 Å². The summed E-state index contributed by atoms with van der Waals surface area (Å²) in [7, 11) is -10.5. The van der Waals surface area contributed by atoms with E-state index in [0.717, 1.165) is 22.6 Å². The minimum absolute atomic E-state index is 0.0785. The Morgan fingerprint density at radius 2 is 0.694 bits per heavy atom. The summed E-state index contributed by atoms with van der Waals surface area (Å²) in [5.41, 5.74) is 3.74. The molecule has 4 unspecified atom stereocenters. The predicted molar refractivity (Wildman–Crippen MR) is 141 cm³/mol. The van der Waals surface area contributed by atoms with Crippen molar-refractivity contribution in [2.75, 3.05) is 0 Å². The van der Waals surface area contributed by atoms with E-state index in [1.165, 1.54) is 25.7 Å². The van der Waals surface area contributed by atoms with E-state index in [0.29, 0.717) is 0 Å². The molecule has 3 rings (SSSR count). The van der Waals surface area contributed by atoms with E-state index in [9.17, 15) is 17.3 Å². The van der Waals surface area contributed by atoms with Crippen LogP contribution in [0.5, 0.6) is 0 Å². The van der Waals surface area contributed by atoms with Crippen molar-refractivity contribution in [2.45, 2.75) is 76.0 Å². The maximum absolute atomic E-state index is 10.1. The molecule has 206 valence electrons. The van der Waals surface area contributed by atoms with E-state index in [1.807, 2.05) is 0 Å². The Morgan fingerprint density at radius 3 is 0.861 bits per heavy atom. The molecule has 1 aromatic rings. The first-order valence-electron chi connectivity index (χ1n) is 11.2. The zero-order valence-electron chi connectivity index (χ0n) is 20.7. The van der Waals surface area contributed by atoms with Crippen molar-refractivity contribution in [3.8, 4) is 0 Å². The smallest absolute Gasteiger partial charge is 0.398 e. The molecule has 0 amide bonds. The van der Waals surface area contributed by atoms with Crippen LogP contribution in [0.4, 0.5) is 17.3 Å². The molecular formula is C18H36B4F4O8P2. The third-order valence-corrected chi connectivity index (χ3v) is 12.2. The van der Waals surface area contributed by atoms with E-state index in [-0.39, 0.29) is 15.8 Å². The summed E-state index contributed by atoms with van der Waals surface area (Å²) < 4.78 is 40.4. The molecule has 2 heterocycles. The van der Waals surface area contributed by atoms with Crippen molar-refractivity contribution in [3.63, 3.8) is 0 Å². The van der Waals surface area contributed by atoms with E-state index >= 15 is 0 Å². The molecule has 2 aliphatic rings. The molecule has 0 spiro atoms. The van der Waals surface area contributed by atoms with Crippen LogP contribution in [0.25, 0.3) is 0 Å². The molecule has 0 aromatic heterocycles. The van der Waals surface area contributed by atoms with Crippen LogP contribution in [0.15, 0.2) is 24.3 Å². The normalized spacial score (nSPS) is 25.9. The van der Waals surface area contributed by atoms with Crippen molar-refractivity contribution < 1.29 is 57.5 Å².